The Labute approximate surface area is 346 Å². The number of rotatable bonds is 37. The maximum absolute atomic E-state index is 12.6. The summed E-state index contributed by atoms with van der Waals surface area (Å²) in [7, 11) is 1.06. The van der Waals surface area contributed by atoms with Crippen molar-refractivity contribution >= 4 is 25.5 Å². The molecule has 10 nitrogen and oxygen atoms in total. The molecular formula is C46H76NO9P. The quantitative estimate of drug-likeness (QED) is 0.0114. The molecule has 2 atom stereocenters. The van der Waals surface area contributed by atoms with E-state index in [9.17, 15) is 23.8 Å². The predicted octanol–water partition coefficient (Wildman–Crippen LogP) is 10.6. The number of hydrogen-bond acceptors (Lipinski definition) is 9. The Morgan fingerprint density at radius 2 is 1.18 bits per heavy atom. The molecule has 0 bridgehead atoms. The molecule has 0 aliphatic heterocycles. The van der Waals surface area contributed by atoms with E-state index in [0.29, 0.717) is 36.7 Å². The molecule has 0 spiro atoms. The van der Waals surface area contributed by atoms with Crippen LogP contribution in [0.2, 0.25) is 0 Å². The van der Waals surface area contributed by atoms with E-state index in [0.717, 1.165) is 83.5 Å². The summed E-state index contributed by atoms with van der Waals surface area (Å²) in [6.45, 7) is 3.80. The van der Waals surface area contributed by atoms with Gasteiger partial charge >= 0.3 is 11.9 Å². The van der Waals surface area contributed by atoms with Gasteiger partial charge in [0.25, 0.3) is 7.82 Å². The monoisotopic (exact) mass is 818 g/mol. The standard InChI is InChI=1S/C46H76NO9P/c1-6-8-10-11-12-13-14-15-16-17-18-19-20-23-26-29-33-37-45(49)53-41-44(42-55-57(51,52)54-40-39-47(3,4)5)56-46(50)38-34-30-27-24-21-22-25-28-32-36-43(48)35-31-9-7-2/h8,10,12-13,15-16,18-19,23,25-26,28,32,36,44H,6-7,9,11,14,17,20-22,24,27,29-31,33-35,37-42H2,1-5H3/b10-8-,13-12-,16-15-,19-18-,26-23-,28-25-,36-32+/t44-/m1/s1. The normalized spacial score (nSPS) is 14.4. The van der Waals surface area contributed by atoms with Gasteiger partial charge in [0.05, 0.1) is 27.7 Å². The van der Waals surface area contributed by atoms with Crippen molar-refractivity contribution in [2.24, 2.45) is 0 Å². The van der Waals surface area contributed by atoms with Crippen LogP contribution in [0.25, 0.3) is 0 Å². The number of phosphoric acid groups is 1. The number of phosphoric ester groups is 1. The fraction of sp³-hybridized carbons (Fsp3) is 0.630. The van der Waals surface area contributed by atoms with Gasteiger partial charge in [0, 0.05) is 19.3 Å². The van der Waals surface area contributed by atoms with Gasteiger partial charge in [-0.05, 0) is 76.7 Å². The van der Waals surface area contributed by atoms with Gasteiger partial charge in [-0.1, -0.05) is 125 Å². The summed E-state index contributed by atoms with van der Waals surface area (Å²) in [5.74, 6) is -0.806. The van der Waals surface area contributed by atoms with Crippen LogP contribution in [0.3, 0.4) is 0 Å². The van der Waals surface area contributed by atoms with Crippen molar-refractivity contribution in [3.8, 4) is 0 Å². The molecule has 0 aromatic heterocycles. The Bertz CT molecular complexity index is 1310. The first-order valence-electron chi connectivity index (χ1n) is 21.2. The smallest absolute Gasteiger partial charge is 0.306 e. The minimum atomic E-state index is -4.66. The molecule has 57 heavy (non-hydrogen) atoms. The lowest BCUT2D eigenvalue weighted by Gasteiger charge is -2.28. The van der Waals surface area contributed by atoms with Crippen LogP contribution in [0.15, 0.2) is 85.1 Å². The number of carbonyl (C=O) groups is 3. The second-order valence-corrected chi connectivity index (χ2v) is 16.4. The summed E-state index contributed by atoms with van der Waals surface area (Å²) in [6, 6.07) is 0. The van der Waals surface area contributed by atoms with E-state index >= 15 is 0 Å². The summed E-state index contributed by atoms with van der Waals surface area (Å²) in [5, 5.41) is 0. The summed E-state index contributed by atoms with van der Waals surface area (Å²) >= 11 is 0. The van der Waals surface area contributed by atoms with Crippen LogP contribution in [0.5, 0.6) is 0 Å². The van der Waals surface area contributed by atoms with Crippen molar-refractivity contribution in [3.05, 3.63) is 85.1 Å². The number of unbranched alkanes of at least 4 members (excludes halogenated alkanes) is 8. The lowest BCUT2D eigenvalue weighted by molar-refractivity contribution is -0.870. The molecular weight excluding hydrogens is 741 g/mol. The van der Waals surface area contributed by atoms with Crippen LogP contribution in [0, 0.1) is 0 Å². The number of ether oxygens (including phenoxy) is 2. The number of esters is 2. The molecule has 0 N–H and O–H groups in total. The molecule has 1 unspecified atom stereocenters. The zero-order chi connectivity index (χ0) is 42.3. The van der Waals surface area contributed by atoms with Gasteiger partial charge < -0.3 is 27.9 Å². The lowest BCUT2D eigenvalue weighted by Crippen LogP contribution is -2.37. The van der Waals surface area contributed by atoms with Crippen LogP contribution in [0.1, 0.15) is 136 Å². The van der Waals surface area contributed by atoms with Crippen LogP contribution < -0.4 is 4.89 Å². The van der Waals surface area contributed by atoms with Gasteiger partial charge in [0.15, 0.2) is 11.9 Å². The number of hydrogen-bond donors (Lipinski definition) is 0. The number of likely N-dealkylation sites (N-methyl/N-ethyl adjacent to an activating group) is 1. The van der Waals surface area contributed by atoms with Gasteiger partial charge in [-0.25, -0.2) is 0 Å². The van der Waals surface area contributed by atoms with E-state index in [1.165, 1.54) is 0 Å². The van der Waals surface area contributed by atoms with Crippen molar-refractivity contribution in [2.75, 3.05) is 47.5 Å². The molecule has 0 radical (unpaired) electrons. The Kier molecular flexibility index (Phi) is 35.1. The molecule has 0 heterocycles. The van der Waals surface area contributed by atoms with Crippen molar-refractivity contribution in [3.63, 3.8) is 0 Å². The Morgan fingerprint density at radius 3 is 1.81 bits per heavy atom. The summed E-state index contributed by atoms with van der Waals surface area (Å²) in [6.07, 6.45) is 43.1. The van der Waals surface area contributed by atoms with Crippen LogP contribution in [-0.2, 0) is 37.5 Å². The number of allylic oxidation sites excluding steroid dienone is 14. The molecule has 11 heteroatoms. The van der Waals surface area contributed by atoms with Gasteiger partial charge in [0.2, 0.25) is 0 Å². The highest BCUT2D eigenvalue weighted by molar-refractivity contribution is 7.45. The molecule has 0 fully saturated rings. The number of nitrogens with zero attached hydrogens (tertiary/aromatic N) is 1. The highest BCUT2D eigenvalue weighted by atomic mass is 31.2. The second-order valence-electron chi connectivity index (χ2n) is 15.0. The molecule has 0 saturated carbocycles. The molecule has 0 saturated heterocycles. The minimum absolute atomic E-state index is 0.0604. The first-order valence-corrected chi connectivity index (χ1v) is 22.7. The summed E-state index contributed by atoms with van der Waals surface area (Å²) in [5.41, 5.74) is 0. The zero-order valence-electron chi connectivity index (χ0n) is 36.0. The molecule has 0 rings (SSSR count). The number of quaternary nitrogens is 1. The van der Waals surface area contributed by atoms with Crippen LogP contribution >= 0.6 is 7.82 Å². The molecule has 324 valence electrons. The third kappa shape index (κ3) is 40.8. The topological polar surface area (TPSA) is 128 Å². The van der Waals surface area contributed by atoms with E-state index in [2.05, 4.69) is 74.6 Å². The highest BCUT2D eigenvalue weighted by Crippen LogP contribution is 2.38. The van der Waals surface area contributed by atoms with E-state index in [1.54, 1.807) is 6.08 Å². The molecule has 0 aliphatic rings. The van der Waals surface area contributed by atoms with Crippen molar-refractivity contribution in [1.82, 2.24) is 0 Å². The summed E-state index contributed by atoms with van der Waals surface area (Å²) in [4.78, 5) is 49.2. The molecule has 0 amide bonds. The minimum Gasteiger partial charge on any atom is -0.756 e. The summed E-state index contributed by atoms with van der Waals surface area (Å²) < 4.78 is 33.7. The first kappa shape index (κ1) is 53.9. The fourth-order valence-electron chi connectivity index (χ4n) is 5.02. The maximum Gasteiger partial charge on any atom is 0.306 e. The van der Waals surface area contributed by atoms with E-state index in [-0.39, 0.29) is 31.8 Å². The van der Waals surface area contributed by atoms with Crippen molar-refractivity contribution in [1.29, 1.82) is 0 Å². The first-order chi connectivity index (χ1) is 27.4. The van der Waals surface area contributed by atoms with E-state index in [1.807, 2.05) is 39.4 Å². The molecule has 0 aromatic carbocycles. The van der Waals surface area contributed by atoms with Crippen LogP contribution in [-0.4, -0.2) is 75.8 Å². The van der Waals surface area contributed by atoms with E-state index < -0.39 is 32.5 Å². The number of ketones is 1. The average Bonchev–Trinajstić information content (AvgIpc) is 3.15. The maximum atomic E-state index is 12.6. The predicted molar refractivity (Wildman–Crippen MR) is 231 cm³/mol. The Balaban J connectivity index is 4.56. The van der Waals surface area contributed by atoms with Gasteiger partial charge in [-0.15, -0.1) is 0 Å². The third-order valence-electron chi connectivity index (χ3n) is 8.38. The van der Waals surface area contributed by atoms with Gasteiger partial charge in [-0.3, -0.25) is 18.9 Å². The van der Waals surface area contributed by atoms with Crippen molar-refractivity contribution in [2.45, 2.75) is 142 Å². The molecule has 0 aliphatic carbocycles. The average molecular weight is 818 g/mol. The van der Waals surface area contributed by atoms with E-state index in [4.69, 9.17) is 18.5 Å². The Hall–Kier alpha value is -3.14. The largest absolute Gasteiger partial charge is 0.756 e. The Morgan fingerprint density at radius 1 is 0.614 bits per heavy atom. The highest BCUT2D eigenvalue weighted by Gasteiger charge is 2.21. The zero-order valence-corrected chi connectivity index (χ0v) is 36.9. The fourth-order valence-corrected chi connectivity index (χ4v) is 5.75. The van der Waals surface area contributed by atoms with Crippen LogP contribution in [0.4, 0.5) is 0 Å². The third-order valence-corrected chi connectivity index (χ3v) is 9.34. The van der Waals surface area contributed by atoms with Crippen molar-refractivity contribution < 1.29 is 46.8 Å². The van der Waals surface area contributed by atoms with Gasteiger partial charge in [0.1, 0.15) is 19.8 Å². The number of carbonyl (C=O) groups excluding carboxylic acids is 3. The second kappa shape index (κ2) is 37.2. The molecule has 0 aromatic rings. The van der Waals surface area contributed by atoms with Gasteiger partial charge in [-0.2, -0.15) is 0 Å². The SMILES string of the molecule is CC/C=C\C/C=C\C/C=C\C/C=C\C/C=C\CCCC(=O)OC[C@H](COP(=O)([O-])OCC[N+](C)(C)C)OC(=O)CCCCCCC/C=C\C=C\C(=O)CCCCC. The lowest BCUT2D eigenvalue weighted by atomic mass is 10.1.